The molecule has 1 atom stereocenters. The smallest absolute Gasteiger partial charge is 0.254 e. The summed E-state index contributed by atoms with van der Waals surface area (Å²) in [6, 6.07) is 0.133. The van der Waals surface area contributed by atoms with Crippen LogP contribution in [0.15, 0.2) is 6.33 Å². The van der Waals surface area contributed by atoms with Crippen LogP contribution in [0.25, 0.3) is 5.78 Å². The largest absolute Gasteiger partial charge is 0.359 e. The second kappa shape index (κ2) is 5.68. The second-order valence-corrected chi connectivity index (χ2v) is 6.74. The van der Waals surface area contributed by atoms with Gasteiger partial charge in [-0.15, -0.1) is 0 Å². The normalized spacial score (nSPS) is 21.1. The zero-order valence-corrected chi connectivity index (χ0v) is 14.6. The number of aryl methyl sites for hydroxylation is 1. The van der Waals surface area contributed by atoms with E-state index >= 15 is 0 Å². The summed E-state index contributed by atoms with van der Waals surface area (Å²) in [7, 11) is 1.61. The highest BCUT2D eigenvalue weighted by Gasteiger charge is 2.43. The third-order valence-corrected chi connectivity index (χ3v) is 5.25. The topological polar surface area (TPSA) is 95.7 Å². The number of hydrogen-bond donors (Lipinski definition) is 1. The minimum Gasteiger partial charge on any atom is -0.359 e. The molecule has 9 nitrogen and oxygen atoms in total. The van der Waals surface area contributed by atoms with E-state index in [0.717, 1.165) is 30.2 Å². The Kier molecular flexibility index (Phi) is 3.59. The summed E-state index contributed by atoms with van der Waals surface area (Å²) in [5.74, 6) is 1.33. The fraction of sp³-hybridized carbons (Fsp3) is 0.562. The Labute approximate surface area is 145 Å². The van der Waals surface area contributed by atoms with E-state index in [1.807, 2.05) is 18.7 Å². The van der Waals surface area contributed by atoms with Crippen LogP contribution in [0, 0.1) is 19.8 Å². The molecule has 0 spiro atoms. The number of aromatic nitrogens is 4. The molecule has 2 saturated heterocycles. The molecule has 0 saturated carbocycles. The molecule has 25 heavy (non-hydrogen) atoms. The average Bonchev–Trinajstić information content (AvgIpc) is 3.15. The van der Waals surface area contributed by atoms with Crippen molar-refractivity contribution in [3.63, 3.8) is 0 Å². The highest BCUT2D eigenvalue weighted by atomic mass is 16.2. The Morgan fingerprint density at radius 3 is 2.76 bits per heavy atom. The maximum Gasteiger partial charge on any atom is 0.254 e. The first-order valence-corrected chi connectivity index (χ1v) is 8.42. The predicted molar refractivity (Wildman–Crippen MR) is 90.1 cm³/mol. The van der Waals surface area contributed by atoms with E-state index in [0.29, 0.717) is 18.7 Å². The lowest BCUT2D eigenvalue weighted by Crippen LogP contribution is -2.60. The second-order valence-electron chi connectivity index (χ2n) is 6.74. The van der Waals surface area contributed by atoms with Gasteiger partial charge in [-0.1, -0.05) is 0 Å². The van der Waals surface area contributed by atoms with Crippen LogP contribution in [0.2, 0.25) is 0 Å². The maximum absolute atomic E-state index is 12.3. The summed E-state index contributed by atoms with van der Waals surface area (Å²) in [4.78, 5) is 36.7. The van der Waals surface area contributed by atoms with Gasteiger partial charge in [0.05, 0.1) is 12.0 Å². The van der Waals surface area contributed by atoms with Crippen LogP contribution in [-0.4, -0.2) is 69.0 Å². The molecule has 0 radical (unpaired) electrons. The molecule has 2 aromatic rings. The van der Waals surface area contributed by atoms with Gasteiger partial charge in [-0.2, -0.15) is 14.6 Å². The molecule has 0 aliphatic carbocycles. The van der Waals surface area contributed by atoms with Gasteiger partial charge in [0, 0.05) is 44.4 Å². The van der Waals surface area contributed by atoms with Crippen molar-refractivity contribution in [3.05, 3.63) is 17.6 Å². The van der Waals surface area contributed by atoms with Gasteiger partial charge < -0.3 is 15.1 Å². The van der Waals surface area contributed by atoms with E-state index in [4.69, 9.17) is 0 Å². The molecule has 0 bridgehead atoms. The maximum atomic E-state index is 12.3. The fourth-order valence-corrected chi connectivity index (χ4v) is 3.68. The van der Waals surface area contributed by atoms with Gasteiger partial charge >= 0.3 is 0 Å². The van der Waals surface area contributed by atoms with Crippen LogP contribution in [-0.2, 0) is 9.59 Å². The zero-order valence-electron chi connectivity index (χ0n) is 14.6. The van der Waals surface area contributed by atoms with E-state index in [-0.39, 0.29) is 23.8 Å². The third kappa shape index (κ3) is 2.41. The number of fused-ring (bicyclic) bond motifs is 1. The quantitative estimate of drug-likeness (QED) is 0.809. The molecule has 2 fully saturated rings. The number of hydrogen-bond acceptors (Lipinski definition) is 6. The van der Waals surface area contributed by atoms with Gasteiger partial charge in [0.15, 0.2) is 0 Å². The van der Waals surface area contributed by atoms with Crippen molar-refractivity contribution in [1.82, 2.24) is 29.8 Å². The molecule has 1 unspecified atom stereocenters. The van der Waals surface area contributed by atoms with Crippen LogP contribution in [0.4, 0.5) is 5.82 Å². The Bertz CT molecular complexity index is 856. The Morgan fingerprint density at radius 1 is 1.28 bits per heavy atom. The van der Waals surface area contributed by atoms with Gasteiger partial charge in [-0.25, -0.2) is 4.98 Å². The van der Waals surface area contributed by atoms with E-state index in [1.165, 1.54) is 6.33 Å². The fourth-order valence-electron chi connectivity index (χ4n) is 3.68. The number of rotatable bonds is 3. The summed E-state index contributed by atoms with van der Waals surface area (Å²) in [6.07, 6.45) is 1.80. The van der Waals surface area contributed by atoms with Crippen molar-refractivity contribution in [2.45, 2.75) is 26.3 Å². The summed E-state index contributed by atoms with van der Waals surface area (Å²) >= 11 is 0. The number of likely N-dealkylation sites (tertiary alicyclic amines) is 1. The molecule has 2 amide bonds. The molecule has 132 valence electrons. The number of carbonyl (C=O) groups excluding carboxylic acids is 2. The Balaban J connectivity index is 1.52. The van der Waals surface area contributed by atoms with Crippen molar-refractivity contribution >= 4 is 23.4 Å². The Morgan fingerprint density at radius 2 is 2.04 bits per heavy atom. The molecule has 2 aliphatic heterocycles. The van der Waals surface area contributed by atoms with Gasteiger partial charge in [0.25, 0.3) is 5.78 Å². The molecule has 0 aromatic carbocycles. The Hall–Kier alpha value is -2.71. The number of anilines is 1. The van der Waals surface area contributed by atoms with Gasteiger partial charge in [-0.05, 0) is 13.8 Å². The molecule has 9 heteroatoms. The van der Waals surface area contributed by atoms with E-state index in [1.54, 1.807) is 11.6 Å². The summed E-state index contributed by atoms with van der Waals surface area (Å²) < 4.78 is 1.75. The molecule has 1 N–H and O–H groups in total. The molecule has 2 aliphatic rings. The summed E-state index contributed by atoms with van der Waals surface area (Å²) in [6.45, 7) is 5.94. The number of nitrogens with zero attached hydrogens (tertiary/aromatic N) is 6. The number of carbonyl (C=O) groups is 2. The first-order valence-electron chi connectivity index (χ1n) is 8.42. The van der Waals surface area contributed by atoms with Crippen molar-refractivity contribution in [2.24, 2.45) is 5.92 Å². The lowest BCUT2D eigenvalue weighted by Gasteiger charge is -2.45. The number of amides is 2. The van der Waals surface area contributed by atoms with E-state index in [2.05, 4.69) is 25.3 Å². The van der Waals surface area contributed by atoms with Crippen LogP contribution in [0.3, 0.4) is 0 Å². The van der Waals surface area contributed by atoms with Crippen molar-refractivity contribution in [1.29, 1.82) is 0 Å². The van der Waals surface area contributed by atoms with E-state index in [9.17, 15) is 9.59 Å². The SMILES string of the molecule is CNC(=O)C1CC(=O)N(C2CN(c3c(C)c(C)nc4ncnn34)C2)C1. The molecular weight excluding hydrogens is 322 g/mol. The summed E-state index contributed by atoms with van der Waals surface area (Å²) in [5.41, 5.74) is 1.99. The van der Waals surface area contributed by atoms with Crippen molar-refractivity contribution < 1.29 is 9.59 Å². The zero-order chi connectivity index (χ0) is 17.7. The molecule has 2 aromatic heterocycles. The standard InChI is InChI=1S/C16H21N7O2/c1-9-10(2)20-16-18-8-19-23(16)15(9)21-6-12(7-21)22-5-11(4-13(22)24)14(25)17-3/h8,11-12H,4-7H2,1-3H3,(H,17,25). The average molecular weight is 343 g/mol. The number of nitrogens with one attached hydrogen (secondary N) is 1. The lowest BCUT2D eigenvalue weighted by atomic mass is 10.1. The van der Waals surface area contributed by atoms with Gasteiger partial charge in [-0.3, -0.25) is 9.59 Å². The molecule has 4 heterocycles. The highest BCUT2D eigenvalue weighted by Crippen LogP contribution is 2.31. The van der Waals surface area contributed by atoms with Crippen LogP contribution < -0.4 is 10.2 Å². The first-order chi connectivity index (χ1) is 12.0. The monoisotopic (exact) mass is 343 g/mol. The van der Waals surface area contributed by atoms with Gasteiger partial charge in [0.2, 0.25) is 11.8 Å². The van der Waals surface area contributed by atoms with Gasteiger partial charge in [0.1, 0.15) is 12.1 Å². The predicted octanol–water partition coefficient (Wildman–Crippen LogP) is -0.476. The van der Waals surface area contributed by atoms with Crippen LogP contribution >= 0.6 is 0 Å². The molecule has 4 rings (SSSR count). The highest BCUT2D eigenvalue weighted by molar-refractivity contribution is 5.89. The van der Waals surface area contributed by atoms with Crippen molar-refractivity contribution in [3.8, 4) is 0 Å². The first kappa shape index (κ1) is 15.8. The van der Waals surface area contributed by atoms with Crippen LogP contribution in [0.5, 0.6) is 0 Å². The summed E-state index contributed by atoms with van der Waals surface area (Å²) in [5, 5.41) is 6.91. The van der Waals surface area contributed by atoms with Crippen molar-refractivity contribution in [2.75, 3.05) is 31.6 Å². The minimum atomic E-state index is -0.238. The van der Waals surface area contributed by atoms with Crippen LogP contribution in [0.1, 0.15) is 17.7 Å². The minimum absolute atomic E-state index is 0.0584. The van der Waals surface area contributed by atoms with E-state index < -0.39 is 0 Å². The molecular formula is C16H21N7O2. The third-order valence-electron chi connectivity index (χ3n) is 5.25. The lowest BCUT2D eigenvalue weighted by molar-refractivity contribution is -0.130.